The summed E-state index contributed by atoms with van der Waals surface area (Å²) in [6, 6.07) is 6.01. The number of hydrogen-bond acceptors (Lipinski definition) is 2. The summed E-state index contributed by atoms with van der Waals surface area (Å²) in [4.78, 5) is 11.8. The molecular formula is C15H16FN3O. The smallest absolute Gasteiger partial charge is 0.244 e. The zero-order chi connectivity index (χ0) is 14.5. The fourth-order valence-corrected chi connectivity index (χ4v) is 1.86. The van der Waals surface area contributed by atoms with Gasteiger partial charge in [-0.15, -0.1) is 0 Å². The summed E-state index contributed by atoms with van der Waals surface area (Å²) >= 11 is 0. The first-order valence-electron chi connectivity index (χ1n) is 6.28. The first-order chi connectivity index (χ1) is 9.56. The standard InChI is InChI=1S/C15H16FN3O/c1-11(13-5-3-4-6-14(13)16)18-15(20)8-7-12-9-17-19(2)10-12/h3-11H,1-2H3,(H,18,20)/b8-7+/t11-/m0/s1. The van der Waals surface area contributed by atoms with Crippen molar-refractivity contribution < 1.29 is 9.18 Å². The summed E-state index contributed by atoms with van der Waals surface area (Å²) in [5.41, 5.74) is 1.30. The maximum Gasteiger partial charge on any atom is 0.244 e. The van der Waals surface area contributed by atoms with Gasteiger partial charge in [0.1, 0.15) is 5.82 Å². The van der Waals surface area contributed by atoms with E-state index in [-0.39, 0.29) is 17.8 Å². The minimum absolute atomic E-state index is 0.274. The number of rotatable bonds is 4. The molecule has 0 radical (unpaired) electrons. The molecule has 0 bridgehead atoms. The molecule has 1 N–H and O–H groups in total. The molecule has 2 aromatic rings. The van der Waals surface area contributed by atoms with Crippen LogP contribution < -0.4 is 5.32 Å². The Morgan fingerprint density at radius 3 is 2.85 bits per heavy atom. The molecule has 104 valence electrons. The highest BCUT2D eigenvalue weighted by atomic mass is 19.1. The highest BCUT2D eigenvalue weighted by molar-refractivity contribution is 5.91. The SMILES string of the molecule is C[C@H](NC(=O)/C=C/c1cnn(C)c1)c1ccccc1F. The lowest BCUT2D eigenvalue weighted by molar-refractivity contribution is -0.117. The summed E-state index contributed by atoms with van der Waals surface area (Å²) in [7, 11) is 1.80. The number of carbonyl (C=O) groups is 1. The molecule has 0 aliphatic heterocycles. The predicted molar refractivity (Wildman–Crippen MR) is 75.2 cm³/mol. The molecule has 20 heavy (non-hydrogen) atoms. The van der Waals surface area contributed by atoms with Gasteiger partial charge in [-0.3, -0.25) is 9.48 Å². The van der Waals surface area contributed by atoms with E-state index in [1.54, 1.807) is 55.3 Å². The lowest BCUT2D eigenvalue weighted by Gasteiger charge is -2.13. The Balaban J connectivity index is 1.98. The first kappa shape index (κ1) is 14.0. The second-order valence-electron chi connectivity index (χ2n) is 4.53. The number of hydrogen-bond donors (Lipinski definition) is 1. The van der Waals surface area contributed by atoms with E-state index in [0.717, 1.165) is 5.56 Å². The van der Waals surface area contributed by atoms with Crippen molar-refractivity contribution >= 4 is 12.0 Å². The maximum atomic E-state index is 13.6. The van der Waals surface area contributed by atoms with Crippen LogP contribution in [-0.2, 0) is 11.8 Å². The van der Waals surface area contributed by atoms with E-state index in [0.29, 0.717) is 5.56 Å². The van der Waals surface area contributed by atoms with Gasteiger partial charge in [0, 0.05) is 30.4 Å². The quantitative estimate of drug-likeness (QED) is 0.870. The third kappa shape index (κ3) is 3.54. The predicted octanol–water partition coefficient (Wildman–Crippen LogP) is 2.45. The number of amides is 1. The van der Waals surface area contributed by atoms with E-state index in [1.165, 1.54) is 12.1 Å². The molecular weight excluding hydrogens is 257 g/mol. The minimum atomic E-state index is -0.387. The van der Waals surface area contributed by atoms with E-state index in [1.807, 2.05) is 0 Å². The molecule has 0 saturated heterocycles. The molecule has 1 aromatic heterocycles. The van der Waals surface area contributed by atoms with Gasteiger partial charge in [0.25, 0.3) is 0 Å². The Morgan fingerprint density at radius 1 is 1.45 bits per heavy atom. The topological polar surface area (TPSA) is 46.9 Å². The lowest BCUT2D eigenvalue weighted by atomic mass is 10.1. The van der Waals surface area contributed by atoms with Gasteiger partial charge in [0.2, 0.25) is 5.91 Å². The van der Waals surface area contributed by atoms with Crippen LogP contribution in [0.1, 0.15) is 24.1 Å². The minimum Gasteiger partial charge on any atom is -0.346 e. The van der Waals surface area contributed by atoms with Crippen molar-refractivity contribution in [3.63, 3.8) is 0 Å². The van der Waals surface area contributed by atoms with Gasteiger partial charge < -0.3 is 5.32 Å². The van der Waals surface area contributed by atoms with Gasteiger partial charge in [-0.1, -0.05) is 18.2 Å². The molecule has 0 aliphatic rings. The van der Waals surface area contributed by atoms with Crippen LogP contribution in [0.3, 0.4) is 0 Å². The molecule has 0 fully saturated rings. The second-order valence-corrected chi connectivity index (χ2v) is 4.53. The van der Waals surface area contributed by atoms with Gasteiger partial charge >= 0.3 is 0 Å². The normalized spacial score (nSPS) is 12.6. The number of aryl methyl sites for hydroxylation is 1. The van der Waals surface area contributed by atoms with E-state index < -0.39 is 0 Å². The third-order valence-electron chi connectivity index (χ3n) is 2.88. The number of nitrogens with one attached hydrogen (secondary N) is 1. The molecule has 1 atom stereocenters. The summed E-state index contributed by atoms with van der Waals surface area (Å²) in [6.07, 6.45) is 6.53. The zero-order valence-electron chi connectivity index (χ0n) is 11.4. The van der Waals surface area contributed by atoms with Crippen LogP contribution in [0.25, 0.3) is 6.08 Å². The summed E-state index contributed by atoms with van der Waals surface area (Å²) in [5, 5.41) is 6.72. The Hall–Kier alpha value is -2.43. The monoisotopic (exact) mass is 273 g/mol. The molecule has 2 rings (SSSR count). The average Bonchev–Trinajstić information content (AvgIpc) is 2.82. The first-order valence-corrected chi connectivity index (χ1v) is 6.28. The van der Waals surface area contributed by atoms with Crippen LogP contribution in [0.2, 0.25) is 0 Å². The van der Waals surface area contributed by atoms with Crippen molar-refractivity contribution in [3.8, 4) is 0 Å². The van der Waals surface area contributed by atoms with E-state index in [2.05, 4.69) is 10.4 Å². The van der Waals surface area contributed by atoms with Gasteiger partial charge in [0.15, 0.2) is 0 Å². The number of aromatic nitrogens is 2. The highest BCUT2D eigenvalue weighted by Gasteiger charge is 2.11. The third-order valence-corrected chi connectivity index (χ3v) is 2.88. The lowest BCUT2D eigenvalue weighted by Crippen LogP contribution is -2.25. The van der Waals surface area contributed by atoms with E-state index in [4.69, 9.17) is 0 Å². The van der Waals surface area contributed by atoms with Crippen molar-refractivity contribution in [2.75, 3.05) is 0 Å². The molecule has 4 nitrogen and oxygen atoms in total. The Kier molecular flexibility index (Phi) is 4.30. The van der Waals surface area contributed by atoms with Gasteiger partial charge in [0.05, 0.1) is 12.2 Å². The number of halogens is 1. The van der Waals surface area contributed by atoms with E-state index >= 15 is 0 Å². The molecule has 0 aliphatic carbocycles. The van der Waals surface area contributed by atoms with Crippen molar-refractivity contribution in [2.24, 2.45) is 7.05 Å². The Morgan fingerprint density at radius 2 is 2.20 bits per heavy atom. The Labute approximate surface area is 116 Å². The zero-order valence-corrected chi connectivity index (χ0v) is 11.4. The van der Waals surface area contributed by atoms with Crippen LogP contribution >= 0.6 is 0 Å². The van der Waals surface area contributed by atoms with Crippen LogP contribution in [0.15, 0.2) is 42.7 Å². The summed E-state index contributed by atoms with van der Waals surface area (Å²) in [5.74, 6) is -0.596. The molecule has 5 heteroatoms. The summed E-state index contributed by atoms with van der Waals surface area (Å²) < 4.78 is 15.2. The largest absolute Gasteiger partial charge is 0.346 e. The molecule has 0 spiro atoms. The number of carbonyl (C=O) groups excluding carboxylic acids is 1. The van der Waals surface area contributed by atoms with E-state index in [9.17, 15) is 9.18 Å². The fourth-order valence-electron chi connectivity index (χ4n) is 1.86. The van der Waals surface area contributed by atoms with Gasteiger partial charge in [-0.2, -0.15) is 5.10 Å². The Bertz CT molecular complexity index is 634. The second kappa shape index (κ2) is 6.14. The van der Waals surface area contributed by atoms with Gasteiger partial charge in [-0.25, -0.2) is 4.39 Å². The maximum absolute atomic E-state index is 13.6. The van der Waals surface area contributed by atoms with Crippen LogP contribution in [0, 0.1) is 5.82 Å². The fraction of sp³-hybridized carbons (Fsp3) is 0.200. The van der Waals surface area contributed by atoms with Crippen molar-refractivity contribution in [1.29, 1.82) is 0 Å². The van der Waals surface area contributed by atoms with Crippen molar-refractivity contribution in [3.05, 3.63) is 59.7 Å². The van der Waals surface area contributed by atoms with Crippen LogP contribution in [-0.4, -0.2) is 15.7 Å². The molecule has 1 heterocycles. The molecule has 0 unspecified atom stereocenters. The van der Waals surface area contributed by atoms with Crippen LogP contribution in [0.5, 0.6) is 0 Å². The molecule has 0 saturated carbocycles. The average molecular weight is 273 g/mol. The highest BCUT2D eigenvalue weighted by Crippen LogP contribution is 2.15. The molecule has 1 amide bonds. The van der Waals surface area contributed by atoms with Crippen molar-refractivity contribution in [2.45, 2.75) is 13.0 Å². The van der Waals surface area contributed by atoms with Crippen LogP contribution in [0.4, 0.5) is 4.39 Å². The molecule has 1 aromatic carbocycles. The van der Waals surface area contributed by atoms with Gasteiger partial charge in [-0.05, 0) is 19.1 Å². The number of benzene rings is 1. The summed E-state index contributed by atoms with van der Waals surface area (Å²) in [6.45, 7) is 1.74. The number of nitrogens with zero attached hydrogens (tertiary/aromatic N) is 2. The van der Waals surface area contributed by atoms with Crippen molar-refractivity contribution in [1.82, 2.24) is 15.1 Å².